The second kappa shape index (κ2) is 5.14. The standard InChI is InChI=1S/C13H9N3O3/c1-9-6-10(8-14)7-13(15-9)19-12-4-2-11(3-5-12)16(17)18/h2-7H,1H3. The lowest BCUT2D eigenvalue weighted by atomic mass is 10.2. The molecule has 19 heavy (non-hydrogen) atoms. The van der Waals surface area contributed by atoms with Gasteiger partial charge in [0.1, 0.15) is 5.75 Å². The molecule has 94 valence electrons. The zero-order valence-electron chi connectivity index (χ0n) is 10.0. The molecule has 6 nitrogen and oxygen atoms in total. The summed E-state index contributed by atoms with van der Waals surface area (Å²) in [5.41, 5.74) is 1.10. The number of rotatable bonds is 3. The first kappa shape index (κ1) is 12.5. The van der Waals surface area contributed by atoms with Crippen LogP contribution >= 0.6 is 0 Å². The van der Waals surface area contributed by atoms with E-state index < -0.39 is 4.92 Å². The topological polar surface area (TPSA) is 89.0 Å². The van der Waals surface area contributed by atoms with Crippen LogP contribution in [0.5, 0.6) is 11.6 Å². The summed E-state index contributed by atoms with van der Waals surface area (Å²) in [5.74, 6) is 0.706. The zero-order valence-corrected chi connectivity index (χ0v) is 10.0. The third kappa shape index (κ3) is 3.04. The third-order valence-electron chi connectivity index (χ3n) is 2.33. The van der Waals surface area contributed by atoms with E-state index in [0.717, 1.165) is 0 Å². The molecular formula is C13H9N3O3. The number of nitrogens with zero attached hydrogens (tertiary/aromatic N) is 3. The molecular weight excluding hydrogens is 246 g/mol. The first-order valence-corrected chi connectivity index (χ1v) is 5.39. The van der Waals surface area contributed by atoms with Crippen LogP contribution < -0.4 is 4.74 Å². The molecule has 0 spiro atoms. The monoisotopic (exact) mass is 255 g/mol. The van der Waals surface area contributed by atoms with E-state index in [1.807, 2.05) is 6.07 Å². The van der Waals surface area contributed by atoms with Crippen LogP contribution in [-0.2, 0) is 0 Å². The minimum Gasteiger partial charge on any atom is -0.439 e. The van der Waals surface area contributed by atoms with E-state index in [0.29, 0.717) is 17.0 Å². The van der Waals surface area contributed by atoms with Crippen molar-refractivity contribution in [2.24, 2.45) is 0 Å². The molecule has 0 aliphatic rings. The van der Waals surface area contributed by atoms with Gasteiger partial charge in [0.05, 0.1) is 16.6 Å². The van der Waals surface area contributed by atoms with Crippen molar-refractivity contribution < 1.29 is 9.66 Å². The lowest BCUT2D eigenvalue weighted by Crippen LogP contribution is -1.92. The molecule has 0 aliphatic heterocycles. The Hall–Kier alpha value is -2.94. The number of non-ortho nitro benzene ring substituents is 1. The van der Waals surface area contributed by atoms with Crippen molar-refractivity contribution in [3.63, 3.8) is 0 Å². The van der Waals surface area contributed by atoms with Gasteiger partial charge in [-0.1, -0.05) is 0 Å². The molecule has 0 unspecified atom stereocenters. The molecule has 0 fully saturated rings. The van der Waals surface area contributed by atoms with Gasteiger partial charge in [-0.25, -0.2) is 4.98 Å². The van der Waals surface area contributed by atoms with Crippen molar-refractivity contribution in [2.75, 3.05) is 0 Å². The van der Waals surface area contributed by atoms with Crippen molar-refractivity contribution in [1.29, 1.82) is 5.26 Å². The van der Waals surface area contributed by atoms with Gasteiger partial charge < -0.3 is 4.74 Å². The first-order chi connectivity index (χ1) is 9.08. The maximum absolute atomic E-state index is 10.5. The molecule has 1 heterocycles. The fourth-order valence-corrected chi connectivity index (χ4v) is 1.51. The average Bonchev–Trinajstić information content (AvgIpc) is 2.38. The number of hydrogen-bond donors (Lipinski definition) is 0. The number of hydrogen-bond acceptors (Lipinski definition) is 5. The summed E-state index contributed by atoms with van der Waals surface area (Å²) < 4.78 is 5.45. The van der Waals surface area contributed by atoms with Crippen molar-refractivity contribution in [1.82, 2.24) is 4.98 Å². The molecule has 0 amide bonds. The SMILES string of the molecule is Cc1cc(C#N)cc(Oc2ccc([N+](=O)[O-])cc2)n1. The maximum Gasteiger partial charge on any atom is 0.269 e. The Bertz CT molecular complexity index is 660. The van der Waals surface area contributed by atoms with E-state index in [-0.39, 0.29) is 11.6 Å². The first-order valence-electron chi connectivity index (χ1n) is 5.39. The normalized spacial score (nSPS) is 9.68. The third-order valence-corrected chi connectivity index (χ3v) is 2.33. The van der Waals surface area contributed by atoms with Crippen LogP contribution in [0.3, 0.4) is 0 Å². The molecule has 1 aromatic carbocycles. The van der Waals surface area contributed by atoms with Crippen molar-refractivity contribution in [3.05, 3.63) is 57.8 Å². The number of nitro benzene ring substituents is 1. The van der Waals surface area contributed by atoms with Crippen LogP contribution in [-0.4, -0.2) is 9.91 Å². The van der Waals surface area contributed by atoms with E-state index >= 15 is 0 Å². The largest absolute Gasteiger partial charge is 0.439 e. The highest BCUT2D eigenvalue weighted by Gasteiger charge is 2.06. The van der Waals surface area contributed by atoms with E-state index in [2.05, 4.69) is 4.98 Å². The molecule has 2 aromatic rings. The molecule has 1 aromatic heterocycles. The van der Waals surface area contributed by atoms with Gasteiger partial charge in [0.2, 0.25) is 5.88 Å². The number of pyridine rings is 1. The Balaban J connectivity index is 2.24. The Morgan fingerprint density at radius 3 is 2.58 bits per heavy atom. The average molecular weight is 255 g/mol. The number of nitro groups is 1. The molecule has 0 bridgehead atoms. The molecule has 0 atom stereocenters. The van der Waals surface area contributed by atoms with Gasteiger partial charge in [0.15, 0.2) is 0 Å². The lowest BCUT2D eigenvalue weighted by Gasteiger charge is -2.05. The molecule has 0 saturated heterocycles. The highest BCUT2D eigenvalue weighted by Crippen LogP contribution is 2.23. The summed E-state index contributed by atoms with van der Waals surface area (Å²) in [6.07, 6.45) is 0. The van der Waals surface area contributed by atoms with Crippen LogP contribution in [0.4, 0.5) is 5.69 Å². The quantitative estimate of drug-likeness (QED) is 0.621. The zero-order chi connectivity index (χ0) is 13.8. The fourth-order valence-electron chi connectivity index (χ4n) is 1.51. The number of benzene rings is 1. The van der Waals surface area contributed by atoms with Gasteiger partial charge in [-0.2, -0.15) is 5.26 Å². The number of aromatic nitrogens is 1. The van der Waals surface area contributed by atoms with Crippen LogP contribution in [0.2, 0.25) is 0 Å². The summed E-state index contributed by atoms with van der Waals surface area (Å²) in [5, 5.41) is 19.4. The van der Waals surface area contributed by atoms with Gasteiger partial charge in [-0.15, -0.1) is 0 Å². The Morgan fingerprint density at radius 2 is 2.00 bits per heavy atom. The second-order valence-electron chi connectivity index (χ2n) is 3.80. The molecule has 0 N–H and O–H groups in total. The van der Waals surface area contributed by atoms with Crippen LogP contribution in [0, 0.1) is 28.4 Å². The van der Waals surface area contributed by atoms with Crippen molar-refractivity contribution in [3.8, 4) is 17.7 Å². The summed E-state index contributed by atoms with van der Waals surface area (Å²) in [7, 11) is 0. The molecule has 0 aliphatic carbocycles. The minimum atomic E-state index is -0.484. The van der Waals surface area contributed by atoms with E-state index in [9.17, 15) is 10.1 Å². The van der Waals surface area contributed by atoms with Gasteiger partial charge in [-0.3, -0.25) is 10.1 Å². The summed E-state index contributed by atoms with van der Waals surface area (Å²) in [4.78, 5) is 14.2. The van der Waals surface area contributed by atoms with Gasteiger partial charge in [0, 0.05) is 23.9 Å². The second-order valence-corrected chi connectivity index (χ2v) is 3.80. The van der Waals surface area contributed by atoms with Crippen LogP contribution in [0.1, 0.15) is 11.3 Å². The minimum absolute atomic E-state index is 0.0118. The highest BCUT2D eigenvalue weighted by molar-refractivity contribution is 5.39. The van der Waals surface area contributed by atoms with E-state index in [1.54, 1.807) is 13.0 Å². The predicted molar refractivity (Wildman–Crippen MR) is 66.9 cm³/mol. The Labute approximate surface area is 109 Å². The molecule has 0 saturated carbocycles. The van der Waals surface area contributed by atoms with Crippen LogP contribution in [0.25, 0.3) is 0 Å². The van der Waals surface area contributed by atoms with Gasteiger partial charge >= 0.3 is 0 Å². The van der Waals surface area contributed by atoms with Crippen molar-refractivity contribution >= 4 is 5.69 Å². The molecule has 0 radical (unpaired) electrons. The predicted octanol–water partition coefficient (Wildman–Crippen LogP) is 2.96. The Morgan fingerprint density at radius 1 is 1.32 bits per heavy atom. The lowest BCUT2D eigenvalue weighted by molar-refractivity contribution is -0.384. The van der Waals surface area contributed by atoms with Crippen molar-refractivity contribution in [2.45, 2.75) is 6.92 Å². The van der Waals surface area contributed by atoms with Crippen LogP contribution in [0.15, 0.2) is 36.4 Å². The fraction of sp³-hybridized carbons (Fsp3) is 0.0769. The highest BCUT2D eigenvalue weighted by atomic mass is 16.6. The Kier molecular flexibility index (Phi) is 3.39. The number of aryl methyl sites for hydroxylation is 1. The summed E-state index contributed by atoms with van der Waals surface area (Å²) in [6, 6.07) is 10.8. The summed E-state index contributed by atoms with van der Waals surface area (Å²) in [6.45, 7) is 1.75. The van der Waals surface area contributed by atoms with E-state index in [1.165, 1.54) is 30.3 Å². The molecule has 6 heteroatoms. The summed E-state index contributed by atoms with van der Waals surface area (Å²) >= 11 is 0. The maximum atomic E-state index is 10.5. The van der Waals surface area contributed by atoms with Gasteiger partial charge in [0.25, 0.3) is 5.69 Å². The van der Waals surface area contributed by atoms with E-state index in [4.69, 9.17) is 10.00 Å². The number of ether oxygens (including phenoxy) is 1. The number of nitriles is 1. The molecule has 2 rings (SSSR count). The van der Waals surface area contributed by atoms with Gasteiger partial charge in [-0.05, 0) is 25.1 Å². The smallest absolute Gasteiger partial charge is 0.269 e.